The van der Waals surface area contributed by atoms with Crippen molar-refractivity contribution in [1.82, 2.24) is 5.32 Å². The van der Waals surface area contributed by atoms with Crippen molar-refractivity contribution in [1.29, 1.82) is 0 Å². The molecule has 0 saturated heterocycles. The molecule has 0 fully saturated rings. The number of aliphatic hydroxyl groups is 2. The van der Waals surface area contributed by atoms with E-state index in [9.17, 15) is 10.2 Å². The van der Waals surface area contributed by atoms with Crippen LogP contribution in [0.25, 0.3) is 0 Å². The fourth-order valence-electron chi connectivity index (χ4n) is 3.06. The van der Waals surface area contributed by atoms with Gasteiger partial charge in [-0.05, 0) is 41.8 Å². The minimum atomic E-state index is -0.527. The molecule has 2 atom stereocenters. The summed E-state index contributed by atoms with van der Waals surface area (Å²) in [5, 5.41) is 26.9. The van der Waals surface area contributed by atoms with Gasteiger partial charge in [0.25, 0.3) is 0 Å². The van der Waals surface area contributed by atoms with Gasteiger partial charge in [0.05, 0.1) is 12.2 Å². The van der Waals surface area contributed by atoms with Gasteiger partial charge in [-0.2, -0.15) is 0 Å². The van der Waals surface area contributed by atoms with E-state index < -0.39 is 12.2 Å². The lowest BCUT2D eigenvalue weighted by molar-refractivity contribution is 0.175. The Labute approximate surface area is 166 Å². The van der Waals surface area contributed by atoms with E-state index in [-0.39, 0.29) is 0 Å². The third kappa shape index (κ3) is 6.20. The zero-order valence-electron chi connectivity index (χ0n) is 16.0. The molecule has 3 rings (SSSR count). The molecule has 0 aliphatic carbocycles. The molecule has 0 bridgehead atoms. The predicted molar refractivity (Wildman–Crippen MR) is 114 cm³/mol. The largest absolute Gasteiger partial charge is 0.387 e. The number of aliphatic hydroxyl groups excluding tert-OH is 2. The van der Waals surface area contributed by atoms with E-state index in [4.69, 9.17) is 0 Å². The molecule has 0 aromatic heterocycles. The van der Waals surface area contributed by atoms with E-state index in [1.54, 1.807) is 0 Å². The van der Waals surface area contributed by atoms with Gasteiger partial charge in [-0.25, -0.2) is 0 Å². The lowest BCUT2D eigenvalue weighted by atomic mass is 10.1. The number of benzene rings is 3. The predicted octanol–water partition coefficient (Wildman–Crippen LogP) is 3.70. The van der Waals surface area contributed by atoms with E-state index >= 15 is 0 Å². The summed E-state index contributed by atoms with van der Waals surface area (Å²) in [5.41, 5.74) is 4.07. The standard InChI is InChI=1S/C24H28N2O2/c27-23(20-7-3-1-4-8-20)17-25-16-15-19-11-13-22(14-12-19)26-18-24(28)21-9-5-2-6-10-21/h1-14,23-28H,15-18H2. The topological polar surface area (TPSA) is 64.5 Å². The Bertz CT molecular complexity index is 807. The monoisotopic (exact) mass is 376 g/mol. The summed E-state index contributed by atoms with van der Waals surface area (Å²) in [6, 6.07) is 27.6. The highest BCUT2D eigenvalue weighted by atomic mass is 16.3. The molecule has 4 nitrogen and oxygen atoms in total. The Balaban J connectivity index is 1.37. The summed E-state index contributed by atoms with van der Waals surface area (Å²) < 4.78 is 0. The molecule has 4 heteroatoms. The van der Waals surface area contributed by atoms with Crippen molar-refractivity contribution in [2.75, 3.05) is 25.0 Å². The summed E-state index contributed by atoms with van der Waals surface area (Å²) in [7, 11) is 0. The van der Waals surface area contributed by atoms with Crippen molar-refractivity contribution in [3.05, 3.63) is 102 Å². The molecule has 3 aromatic rings. The Morgan fingerprint density at radius 3 is 1.75 bits per heavy atom. The quantitative estimate of drug-likeness (QED) is 0.408. The number of hydrogen-bond donors (Lipinski definition) is 4. The molecule has 0 amide bonds. The maximum Gasteiger partial charge on any atom is 0.0962 e. The number of anilines is 1. The molecule has 0 radical (unpaired) electrons. The van der Waals surface area contributed by atoms with Gasteiger partial charge in [0, 0.05) is 18.8 Å². The summed E-state index contributed by atoms with van der Waals surface area (Å²) in [5.74, 6) is 0. The normalized spacial score (nSPS) is 13.1. The van der Waals surface area contributed by atoms with Crippen LogP contribution in [0, 0.1) is 0 Å². The Morgan fingerprint density at radius 2 is 1.18 bits per heavy atom. The molecule has 28 heavy (non-hydrogen) atoms. The van der Waals surface area contributed by atoms with E-state index in [1.165, 1.54) is 5.56 Å². The summed E-state index contributed by atoms with van der Waals surface area (Å²) in [6.45, 7) is 1.83. The first-order chi connectivity index (χ1) is 13.7. The minimum Gasteiger partial charge on any atom is -0.387 e. The van der Waals surface area contributed by atoms with Crippen LogP contribution in [0.1, 0.15) is 28.9 Å². The first-order valence-electron chi connectivity index (χ1n) is 9.72. The van der Waals surface area contributed by atoms with Crippen LogP contribution in [0.15, 0.2) is 84.9 Å². The van der Waals surface area contributed by atoms with Gasteiger partial charge in [0.2, 0.25) is 0 Å². The van der Waals surface area contributed by atoms with Gasteiger partial charge in [0.15, 0.2) is 0 Å². The second-order valence-corrected chi connectivity index (χ2v) is 6.88. The maximum atomic E-state index is 10.2. The highest BCUT2D eigenvalue weighted by Gasteiger charge is 2.07. The van der Waals surface area contributed by atoms with Crippen LogP contribution in [0.4, 0.5) is 5.69 Å². The molecule has 0 aliphatic rings. The number of hydrogen-bond acceptors (Lipinski definition) is 4. The van der Waals surface area contributed by atoms with Crippen molar-refractivity contribution in [2.24, 2.45) is 0 Å². The maximum absolute atomic E-state index is 10.2. The van der Waals surface area contributed by atoms with Gasteiger partial charge in [-0.1, -0.05) is 72.8 Å². The lowest BCUT2D eigenvalue weighted by Gasteiger charge is -2.14. The van der Waals surface area contributed by atoms with E-state index in [0.29, 0.717) is 13.1 Å². The second kappa shape index (κ2) is 10.6. The van der Waals surface area contributed by atoms with Crippen LogP contribution >= 0.6 is 0 Å². The van der Waals surface area contributed by atoms with Gasteiger partial charge >= 0.3 is 0 Å². The van der Waals surface area contributed by atoms with Crippen molar-refractivity contribution in [2.45, 2.75) is 18.6 Å². The highest BCUT2D eigenvalue weighted by Crippen LogP contribution is 2.15. The van der Waals surface area contributed by atoms with Gasteiger partial charge in [-0.15, -0.1) is 0 Å². The van der Waals surface area contributed by atoms with Gasteiger partial charge < -0.3 is 20.8 Å². The molecule has 3 aromatic carbocycles. The number of rotatable bonds is 10. The number of nitrogens with one attached hydrogen (secondary N) is 2. The molecular weight excluding hydrogens is 348 g/mol. The Hall–Kier alpha value is -2.66. The zero-order chi connectivity index (χ0) is 19.6. The van der Waals surface area contributed by atoms with Crippen LogP contribution in [0.5, 0.6) is 0 Å². The lowest BCUT2D eigenvalue weighted by Crippen LogP contribution is -2.23. The highest BCUT2D eigenvalue weighted by molar-refractivity contribution is 5.45. The fourth-order valence-corrected chi connectivity index (χ4v) is 3.06. The van der Waals surface area contributed by atoms with E-state index in [1.807, 2.05) is 72.8 Å². The van der Waals surface area contributed by atoms with Crippen molar-refractivity contribution >= 4 is 5.69 Å². The average Bonchev–Trinajstić information content (AvgIpc) is 2.77. The van der Waals surface area contributed by atoms with E-state index in [2.05, 4.69) is 22.8 Å². The molecule has 0 aliphatic heterocycles. The smallest absolute Gasteiger partial charge is 0.0962 e. The molecule has 146 valence electrons. The van der Waals surface area contributed by atoms with E-state index in [0.717, 1.165) is 29.8 Å². The molecular formula is C24H28N2O2. The van der Waals surface area contributed by atoms with Crippen molar-refractivity contribution < 1.29 is 10.2 Å². The molecule has 2 unspecified atom stereocenters. The molecule has 0 heterocycles. The first kappa shape index (κ1) is 20.1. The van der Waals surface area contributed by atoms with Crippen LogP contribution in [-0.4, -0.2) is 29.8 Å². The van der Waals surface area contributed by atoms with Crippen LogP contribution in [0.3, 0.4) is 0 Å². The SMILES string of the molecule is OC(CNCCc1ccc(NCC(O)c2ccccc2)cc1)c1ccccc1. The molecule has 4 N–H and O–H groups in total. The summed E-state index contributed by atoms with van der Waals surface area (Å²) in [6.07, 6.45) is -0.112. The van der Waals surface area contributed by atoms with Crippen LogP contribution < -0.4 is 10.6 Å². The average molecular weight is 377 g/mol. The minimum absolute atomic E-state index is 0.474. The van der Waals surface area contributed by atoms with Crippen LogP contribution in [-0.2, 0) is 6.42 Å². The summed E-state index contributed by atoms with van der Waals surface area (Å²) in [4.78, 5) is 0. The first-order valence-corrected chi connectivity index (χ1v) is 9.72. The van der Waals surface area contributed by atoms with Gasteiger partial charge in [-0.3, -0.25) is 0 Å². The Morgan fingerprint density at radius 1 is 0.643 bits per heavy atom. The van der Waals surface area contributed by atoms with Crippen molar-refractivity contribution in [3.8, 4) is 0 Å². The third-order valence-corrected chi connectivity index (χ3v) is 4.75. The summed E-state index contributed by atoms with van der Waals surface area (Å²) >= 11 is 0. The molecule has 0 spiro atoms. The van der Waals surface area contributed by atoms with Crippen molar-refractivity contribution in [3.63, 3.8) is 0 Å². The van der Waals surface area contributed by atoms with Crippen LogP contribution in [0.2, 0.25) is 0 Å². The zero-order valence-corrected chi connectivity index (χ0v) is 16.0. The second-order valence-electron chi connectivity index (χ2n) is 6.88. The molecule has 0 saturated carbocycles. The van der Waals surface area contributed by atoms with Gasteiger partial charge in [0.1, 0.15) is 0 Å². The fraction of sp³-hybridized carbons (Fsp3) is 0.250. The third-order valence-electron chi connectivity index (χ3n) is 4.75. The Kier molecular flexibility index (Phi) is 7.62.